The summed E-state index contributed by atoms with van der Waals surface area (Å²) >= 11 is 1.76. The second-order valence-electron chi connectivity index (χ2n) is 6.18. The third kappa shape index (κ3) is 1.38. The number of rotatable bonds is 0. The molecule has 0 spiro atoms. The Hall–Kier alpha value is -2.59. The van der Waals surface area contributed by atoms with E-state index in [4.69, 9.17) is 0 Å². The molecule has 2 unspecified atom stereocenters. The molecule has 2 atom stereocenters. The van der Waals surface area contributed by atoms with Crippen LogP contribution in [0.3, 0.4) is 0 Å². The van der Waals surface area contributed by atoms with E-state index in [1.807, 2.05) is 18.6 Å². The maximum atomic E-state index is 4.69. The fourth-order valence-corrected chi connectivity index (χ4v) is 4.97. The van der Waals surface area contributed by atoms with E-state index in [1.54, 1.807) is 17.5 Å². The second kappa shape index (κ2) is 4.03. The van der Waals surface area contributed by atoms with Crippen molar-refractivity contribution >= 4 is 22.1 Å². The zero-order valence-corrected chi connectivity index (χ0v) is 12.9. The molecule has 23 heavy (non-hydrogen) atoms. The van der Waals surface area contributed by atoms with Crippen molar-refractivity contribution in [2.75, 3.05) is 0 Å². The summed E-state index contributed by atoms with van der Waals surface area (Å²) in [5.41, 5.74) is 7.58. The number of fused-ring (bicyclic) bond motifs is 1. The average Bonchev–Trinajstić information content (AvgIpc) is 3.06. The first-order valence-corrected chi connectivity index (χ1v) is 8.60. The van der Waals surface area contributed by atoms with E-state index in [1.165, 1.54) is 33.0 Å². The molecule has 3 heterocycles. The van der Waals surface area contributed by atoms with Crippen LogP contribution in [-0.4, -0.2) is 15.0 Å². The van der Waals surface area contributed by atoms with Gasteiger partial charge in [-0.1, -0.05) is 0 Å². The van der Waals surface area contributed by atoms with Crippen LogP contribution in [0.25, 0.3) is 10.8 Å². The molecule has 0 N–H and O–H groups in total. The van der Waals surface area contributed by atoms with Gasteiger partial charge in [-0.25, -0.2) is 0 Å². The van der Waals surface area contributed by atoms with Gasteiger partial charge in [0.25, 0.3) is 0 Å². The second-order valence-corrected chi connectivity index (χ2v) is 6.92. The van der Waals surface area contributed by atoms with Crippen molar-refractivity contribution < 1.29 is 0 Å². The molecule has 4 heteroatoms. The average molecular weight is 313 g/mol. The van der Waals surface area contributed by atoms with Crippen LogP contribution in [0, 0.1) is 0 Å². The molecule has 3 nitrogen and oxygen atoms in total. The standard InChI is InChI=1S/C19H11N3S/c1-2-20-7-15-12(1)16-13-5-10-8-23-9-11(10)6-14(13)17(15)19-18(16)21-3-4-22-19/h1-9,16-17H. The van der Waals surface area contributed by atoms with Gasteiger partial charge in [0.15, 0.2) is 0 Å². The minimum atomic E-state index is 0.159. The van der Waals surface area contributed by atoms with Gasteiger partial charge in [-0.15, -0.1) is 0 Å². The lowest BCUT2D eigenvalue weighted by Crippen LogP contribution is -2.29. The summed E-state index contributed by atoms with van der Waals surface area (Å²) in [5.74, 6) is 0.340. The molecule has 0 saturated heterocycles. The smallest absolute Gasteiger partial charge is 0.0748 e. The highest BCUT2D eigenvalue weighted by atomic mass is 32.1. The highest BCUT2D eigenvalue weighted by molar-refractivity contribution is 7.09. The van der Waals surface area contributed by atoms with Crippen LogP contribution in [0.2, 0.25) is 0 Å². The van der Waals surface area contributed by atoms with Crippen molar-refractivity contribution in [3.63, 3.8) is 0 Å². The van der Waals surface area contributed by atoms with Crippen LogP contribution in [0.15, 0.2) is 53.7 Å². The van der Waals surface area contributed by atoms with Crippen molar-refractivity contribution in [1.29, 1.82) is 0 Å². The van der Waals surface area contributed by atoms with Gasteiger partial charge in [-0.2, -0.15) is 11.3 Å². The maximum absolute atomic E-state index is 4.69. The van der Waals surface area contributed by atoms with Gasteiger partial charge in [-0.3, -0.25) is 15.0 Å². The summed E-state index contributed by atoms with van der Waals surface area (Å²) in [5, 5.41) is 7.09. The molecule has 3 aliphatic carbocycles. The van der Waals surface area contributed by atoms with E-state index in [9.17, 15) is 0 Å². The molecule has 3 aliphatic rings. The van der Waals surface area contributed by atoms with Gasteiger partial charge in [0, 0.05) is 24.8 Å². The lowest BCUT2D eigenvalue weighted by Gasteiger charge is -2.40. The fourth-order valence-electron chi connectivity index (χ4n) is 4.20. The van der Waals surface area contributed by atoms with E-state index in [-0.39, 0.29) is 11.8 Å². The predicted octanol–water partition coefficient (Wildman–Crippen LogP) is 4.07. The Morgan fingerprint density at radius 2 is 1.39 bits per heavy atom. The van der Waals surface area contributed by atoms with Crippen molar-refractivity contribution in [1.82, 2.24) is 15.0 Å². The van der Waals surface area contributed by atoms with E-state index in [2.05, 4.69) is 43.9 Å². The molecular weight excluding hydrogens is 302 g/mol. The largest absolute Gasteiger partial charge is 0.264 e. The molecule has 0 radical (unpaired) electrons. The third-order valence-electron chi connectivity index (χ3n) is 5.11. The zero-order chi connectivity index (χ0) is 15.0. The van der Waals surface area contributed by atoms with Gasteiger partial charge in [0.1, 0.15) is 0 Å². The van der Waals surface area contributed by atoms with Crippen molar-refractivity contribution in [3.05, 3.63) is 87.4 Å². The Bertz CT molecular complexity index is 967. The van der Waals surface area contributed by atoms with Gasteiger partial charge >= 0.3 is 0 Å². The summed E-state index contributed by atoms with van der Waals surface area (Å²) < 4.78 is 0. The molecule has 0 aliphatic heterocycles. The Labute approximate surface area is 136 Å². The fraction of sp³-hybridized carbons (Fsp3) is 0.105. The van der Waals surface area contributed by atoms with Crippen molar-refractivity contribution in [2.45, 2.75) is 11.8 Å². The summed E-state index contributed by atoms with van der Waals surface area (Å²) in [7, 11) is 0. The van der Waals surface area contributed by atoms with Crippen LogP contribution in [0.1, 0.15) is 45.5 Å². The molecule has 0 fully saturated rings. The number of nitrogens with zero attached hydrogens (tertiary/aromatic N) is 3. The molecule has 108 valence electrons. The molecule has 0 amide bonds. The van der Waals surface area contributed by atoms with Crippen LogP contribution in [0.5, 0.6) is 0 Å². The predicted molar refractivity (Wildman–Crippen MR) is 90.0 cm³/mol. The first-order chi connectivity index (χ1) is 11.4. The zero-order valence-electron chi connectivity index (χ0n) is 12.1. The first kappa shape index (κ1) is 11.9. The Morgan fingerprint density at radius 3 is 2.09 bits per heavy atom. The van der Waals surface area contributed by atoms with Crippen LogP contribution < -0.4 is 0 Å². The summed E-state index contributed by atoms with van der Waals surface area (Å²) in [6.07, 6.45) is 7.51. The highest BCUT2D eigenvalue weighted by Gasteiger charge is 2.43. The minimum Gasteiger partial charge on any atom is -0.264 e. The molecule has 1 aromatic carbocycles. The van der Waals surface area contributed by atoms with Gasteiger partial charge in [-0.05, 0) is 62.0 Å². The first-order valence-electron chi connectivity index (χ1n) is 7.66. The molecule has 7 rings (SSSR count). The van der Waals surface area contributed by atoms with Crippen LogP contribution >= 0.6 is 11.3 Å². The van der Waals surface area contributed by atoms with E-state index >= 15 is 0 Å². The SMILES string of the molecule is c1cc2c(cn1)C1c3cc4cscc4cc3C2c2nccnc21. The van der Waals surface area contributed by atoms with Gasteiger partial charge in [0.05, 0.1) is 23.2 Å². The van der Waals surface area contributed by atoms with E-state index in [0.29, 0.717) is 0 Å². The molecule has 0 saturated carbocycles. The molecule has 4 aromatic rings. The number of pyridine rings is 1. The van der Waals surface area contributed by atoms with Crippen LogP contribution in [-0.2, 0) is 0 Å². The Balaban J connectivity index is 1.78. The highest BCUT2D eigenvalue weighted by Crippen LogP contribution is 2.54. The van der Waals surface area contributed by atoms with Gasteiger partial charge in [0.2, 0.25) is 0 Å². The van der Waals surface area contributed by atoms with E-state index < -0.39 is 0 Å². The molecular formula is C19H11N3S. The van der Waals surface area contributed by atoms with Crippen molar-refractivity contribution in [3.8, 4) is 0 Å². The monoisotopic (exact) mass is 313 g/mol. The lowest BCUT2D eigenvalue weighted by molar-refractivity contribution is 0.697. The summed E-state index contributed by atoms with van der Waals surface area (Å²) in [6.45, 7) is 0. The Morgan fingerprint density at radius 1 is 0.739 bits per heavy atom. The molecule has 2 bridgehead atoms. The summed E-state index contributed by atoms with van der Waals surface area (Å²) in [4.78, 5) is 13.7. The van der Waals surface area contributed by atoms with Gasteiger partial charge < -0.3 is 0 Å². The van der Waals surface area contributed by atoms with E-state index in [0.717, 1.165) is 11.4 Å². The Kier molecular flexibility index (Phi) is 2.09. The number of hydrogen-bond donors (Lipinski definition) is 0. The lowest BCUT2D eigenvalue weighted by atomic mass is 9.64. The number of benzene rings is 1. The number of thiophene rings is 1. The minimum absolute atomic E-state index is 0.159. The van der Waals surface area contributed by atoms with Crippen molar-refractivity contribution in [2.24, 2.45) is 0 Å². The summed E-state index contributed by atoms with van der Waals surface area (Å²) in [6, 6.07) is 6.83. The normalized spacial score (nSPS) is 20.2. The quantitative estimate of drug-likeness (QED) is 0.424. The maximum Gasteiger partial charge on any atom is 0.0748 e. The topological polar surface area (TPSA) is 38.7 Å². The molecule has 3 aromatic heterocycles. The number of aromatic nitrogens is 3. The third-order valence-corrected chi connectivity index (χ3v) is 5.89. The number of hydrogen-bond acceptors (Lipinski definition) is 4. The van der Waals surface area contributed by atoms with Crippen LogP contribution in [0.4, 0.5) is 0 Å².